The van der Waals surface area contributed by atoms with E-state index < -0.39 is 18.5 Å². The Bertz CT molecular complexity index is 1030. The Morgan fingerprint density at radius 3 is 2.69 bits per heavy atom. The summed E-state index contributed by atoms with van der Waals surface area (Å²) in [6, 6.07) is 9.60. The topological polar surface area (TPSA) is 109 Å². The zero-order valence-electron chi connectivity index (χ0n) is 14.8. The fourth-order valence-electron chi connectivity index (χ4n) is 2.20. The molecule has 0 heterocycles. The zero-order chi connectivity index (χ0) is 21.6. The number of anilines is 1. The molecule has 0 spiro atoms. The molecule has 150 valence electrons. The SMILES string of the molecule is COc1cc(/C=C(/C#N)C(=O)Nc2cccc(Cl)c2Cl)cc(Br)c1OCC(=O)O. The van der Waals surface area contributed by atoms with Gasteiger partial charge in [-0.3, -0.25) is 4.79 Å². The van der Waals surface area contributed by atoms with E-state index in [1.165, 1.54) is 19.3 Å². The van der Waals surface area contributed by atoms with Crippen molar-refractivity contribution in [3.8, 4) is 17.6 Å². The molecule has 2 rings (SSSR count). The minimum atomic E-state index is -1.15. The summed E-state index contributed by atoms with van der Waals surface area (Å²) in [4.78, 5) is 23.2. The van der Waals surface area contributed by atoms with Crippen LogP contribution in [0.1, 0.15) is 5.56 Å². The molecule has 7 nitrogen and oxygen atoms in total. The van der Waals surface area contributed by atoms with Gasteiger partial charge >= 0.3 is 5.97 Å². The Labute approximate surface area is 184 Å². The molecular formula is C19H13BrCl2N2O5. The van der Waals surface area contributed by atoms with Gasteiger partial charge in [-0.15, -0.1) is 0 Å². The van der Waals surface area contributed by atoms with Gasteiger partial charge in [0, 0.05) is 0 Å². The van der Waals surface area contributed by atoms with Crippen molar-refractivity contribution in [3.63, 3.8) is 0 Å². The molecule has 0 aliphatic rings. The number of hydrogen-bond donors (Lipinski definition) is 2. The number of ether oxygens (including phenoxy) is 2. The number of nitrogens with one attached hydrogen (secondary N) is 1. The average Bonchev–Trinajstić information content (AvgIpc) is 2.68. The average molecular weight is 500 g/mol. The minimum Gasteiger partial charge on any atom is -0.493 e. The van der Waals surface area contributed by atoms with Crippen LogP contribution in [0.3, 0.4) is 0 Å². The second kappa shape index (κ2) is 10.2. The van der Waals surface area contributed by atoms with Gasteiger partial charge in [0.15, 0.2) is 18.1 Å². The molecule has 1 amide bonds. The van der Waals surface area contributed by atoms with Crippen LogP contribution in [-0.4, -0.2) is 30.7 Å². The number of nitriles is 1. The fraction of sp³-hybridized carbons (Fsp3) is 0.105. The van der Waals surface area contributed by atoms with Crippen LogP contribution in [0, 0.1) is 11.3 Å². The molecule has 0 saturated carbocycles. The van der Waals surface area contributed by atoms with Gasteiger partial charge < -0.3 is 19.9 Å². The van der Waals surface area contributed by atoms with Gasteiger partial charge in [0.1, 0.15) is 11.6 Å². The highest BCUT2D eigenvalue weighted by molar-refractivity contribution is 9.10. The molecule has 10 heteroatoms. The van der Waals surface area contributed by atoms with Crippen LogP contribution >= 0.6 is 39.1 Å². The van der Waals surface area contributed by atoms with Crippen LogP contribution in [0.4, 0.5) is 5.69 Å². The van der Waals surface area contributed by atoms with Gasteiger partial charge in [-0.25, -0.2) is 4.79 Å². The lowest BCUT2D eigenvalue weighted by Gasteiger charge is -2.12. The number of amides is 1. The predicted molar refractivity (Wildman–Crippen MR) is 113 cm³/mol. The number of carbonyl (C=O) groups is 2. The summed E-state index contributed by atoms with van der Waals surface area (Å²) >= 11 is 15.2. The molecule has 0 unspecified atom stereocenters. The third-order valence-corrected chi connectivity index (χ3v) is 4.88. The summed E-state index contributed by atoms with van der Waals surface area (Å²) in [5.41, 5.74) is 0.510. The number of rotatable bonds is 7. The molecule has 0 atom stereocenters. The van der Waals surface area contributed by atoms with Crippen molar-refractivity contribution in [1.29, 1.82) is 5.26 Å². The summed E-state index contributed by atoms with van der Waals surface area (Å²) < 4.78 is 10.8. The first-order valence-corrected chi connectivity index (χ1v) is 9.41. The number of benzene rings is 2. The maximum absolute atomic E-state index is 12.5. The number of carboxylic acids is 1. The Morgan fingerprint density at radius 1 is 1.34 bits per heavy atom. The quantitative estimate of drug-likeness (QED) is 0.419. The van der Waals surface area contributed by atoms with Crippen molar-refractivity contribution >= 4 is 62.8 Å². The number of carboxylic acid groups (broad SMARTS) is 1. The summed E-state index contributed by atoms with van der Waals surface area (Å²) in [7, 11) is 1.38. The second-order valence-corrected chi connectivity index (χ2v) is 7.08. The van der Waals surface area contributed by atoms with Gasteiger partial charge in [0.2, 0.25) is 0 Å². The molecule has 29 heavy (non-hydrogen) atoms. The Morgan fingerprint density at radius 2 is 2.07 bits per heavy atom. The monoisotopic (exact) mass is 498 g/mol. The second-order valence-electron chi connectivity index (χ2n) is 5.44. The molecule has 0 aliphatic carbocycles. The van der Waals surface area contributed by atoms with Crippen LogP contribution in [0.5, 0.6) is 11.5 Å². The zero-order valence-corrected chi connectivity index (χ0v) is 17.9. The van der Waals surface area contributed by atoms with Crippen LogP contribution in [0.2, 0.25) is 10.0 Å². The van der Waals surface area contributed by atoms with E-state index in [4.69, 9.17) is 37.8 Å². The number of halogens is 3. The van der Waals surface area contributed by atoms with Gasteiger partial charge in [-0.2, -0.15) is 5.26 Å². The summed E-state index contributed by atoms with van der Waals surface area (Å²) in [5.74, 6) is -1.42. The van der Waals surface area contributed by atoms with Crippen molar-refractivity contribution in [1.82, 2.24) is 0 Å². The van der Waals surface area contributed by atoms with E-state index in [1.54, 1.807) is 24.3 Å². The molecule has 2 N–H and O–H groups in total. The van der Waals surface area contributed by atoms with Gasteiger partial charge in [0.05, 0.1) is 27.3 Å². The van der Waals surface area contributed by atoms with Crippen molar-refractivity contribution in [2.75, 3.05) is 19.0 Å². The lowest BCUT2D eigenvalue weighted by atomic mass is 10.1. The highest BCUT2D eigenvalue weighted by atomic mass is 79.9. The molecule has 0 saturated heterocycles. The maximum atomic E-state index is 12.5. The number of methoxy groups -OCH3 is 1. The molecule has 0 bridgehead atoms. The number of aliphatic carboxylic acids is 1. The smallest absolute Gasteiger partial charge is 0.341 e. The molecular weight excluding hydrogens is 487 g/mol. The molecule has 0 aromatic heterocycles. The van der Waals surface area contributed by atoms with Crippen molar-refractivity contribution < 1.29 is 24.2 Å². The summed E-state index contributed by atoms with van der Waals surface area (Å²) in [6.07, 6.45) is 1.34. The Hall–Kier alpha value is -2.73. The molecule has 2 aromatic carbocycles. The minimum absolute atomic E-state index is 0.157. The van der Waals surface area contributed by atoms with Crippen LogP contribution in [-0.2, 0) is 9.59 Å². The van der Waals surface area contributed by atoms with Crippen molar-refractivity contribution in [2.24, 2.45) is 0 Å². The molecule has 0 radical (unpaired) electrons. The number of nitrogens with zero attached hydrogens (tertiary/aromatic N) is 1. The maximum Gasteiger partial charge on any atom is 0.341 e. The highest BCUT2D eigenvalue weighted by Crippen LogP contribution is 2.37. The van der Waals surface area contributed by atoms with E-state index in [0.717, 1.165) is 0 Å². The summed E-state index contributed by atoms with van der Waals surface area (Å²) in [5, 5.41) is 21.1. The lowest BCUT2D eigenvalue weighted by molar-refractivity contribution is -0.139. The van der Waals surface area contributed by atoms with Crippen molar-refractivity contribution in [2.45, 2.75) is 0 Å². The number of hydrogen-bond acceptors (Lipinski definition) is 5. The molecule has 2 aromatic rings. The number of carbonyl (C=O) groups excluding carboxylic acids is 1. The Kier molecular flexibility index (Phi) is 7.91. The van der Waals surface area contributed by atoms with Crippen molar-refractivity contribution in [3.05, 3.63) is 56.0 Å². The standard InChI is InChI=1S/C19H13BrCl2N2O5/c1-28-15-7-10(6-12(20)18(15)29-9-16(25)26)5-11(8-23)19(27)24-14-4-2-3-13(21)17(14)22/h2-7H,9H2,1H3,(H,24,27)(H,25,26)/b11-5-. The van der Waals surface area contributed by atoms with E-state index in [-0.39, 0.29) is 32.8 Å². The highest BCUT2D eigenvalue weighted by Gasteiger charge is 2.16. The van der Waals surface area contributed by atoms with Crippen LogP contribution < -0.4 is 14.8 Å². The Balaban J connectivity index is 2.33. The normalized spacial score (nSPS) is 10.8. The van der Waals surface area contributed by atoms with Gasteiger partial charge in [0.25, 0.3) is 5.91 Å². The van der Waals surface area contributed by atoms with Gasteiger partial charge in [-0.05, 0) is 51.8 Å². The van der Waals surface area contributed by atoms with Gasteiger partial charge in [-0.1, -0.05) is 29.3 Å². The summed E-state index contributed by atoms with van der Waals surface area (Å²) in [6.45, 7) is -0.559. The first kappa shape index (κ1) is 22.6. The third-order valence-electron chi connectivity index (χ3n) is 3.47. The van der Waals surface area contributed by atoms with E-state index in [9.17, 15) is 14.9 Å². The predicted octanol–water partition coefficient (Wildman–Crippen LogP) is 4.77. The third kappa shape index (κ3) is 5.87. The van der Waals surface area contributed by atoms with E-state index in [1.807, 2.05) is 6.07 Å². The van der Waals surface area contributed by atoms with Crippen LogP contribution in [0.15, 0.2) is 40.4 Å². The van der Waals surface area contributed by atoms with Crippen LogP contribution in [0.25, 0.3) is 6.08 Å². The van der Waals surface area contributed by atoms with E-state index >= 15 is 0 Å². The fourth-order valence-corrected chi connectivity index (χ4v) is 3.12. The largest absolute Gasteiger partial charge is 0.493 e. The molecule has 0 fully saturated rings. The first-order valence-electron chi connectivity index (χ1n) is 7.86. The van der Waals surface area contributed by atoms with E-state index in [2.05, 4.69) is 21.2 Å². The first-order chi connectivity index (χ1) is 13.8. The lowest BCUT2D eigenvalue weighted by Crippen LogP contribution is -2.14. The van der Waals surface area contributed by atoms with E-state index in [0.29, 0.717) is 10.0 Å². The molecule has 0 aliphatic heterocycles.